The van der Waals surface area contributed by atoms with Gasteiger partial charge in [0.25, 0.3) is 11.8 Å². The standard InChI is InChI=1S/C28H24N2O7S/c1-3-36-21-10-8-20(9-11-21)30-26(32)22(25(31)29-28(30)38)14-17-7-12-23(24(15-17)35-2)37-16-18-5-4-6-19(13-18)27(33)34/h4-15H,3,16H2,1-2H3,(H,33,34)(H,29,31,38)/b22-14+. The second-order valence-electron chi connectivity index (χ2n) is 8.09. The average Bonchev–Trinajstić information content (AvgIpc) is 2.91. The van der Waals surface area contributed by atoms with Crippen LogP contribution in [0.5, 0.6) is 17.2 Å². The van der Waals surface area contributed by atoms with Crippen LogP contribution >= 0.6 is 12.2 Å². The molecule has 3 aromatic rings. The normalized spacial score (nSPS) is 14.3. The van der Waals surface area contributed by atoms with E-state index in [0.717, 1.165) is 0 Å². The van der Waals surface area contributed by atoms with E-state index in [2.05, 4.69) is 5.32 Å². The molecule has 4 rings (SSSR count). The number of hydrogen-bond donors (Lipinski definition) is 2. The predicted octanol–water partition coefficient (Wildman–Crippen LogP) is 4.20. The van der Waals surface area contributed by atoms with Crippen LogP contribution in [0.1, 0.15) is 28.4 Å². The van der Waals surface area contributed by atoms with Crippen molar-refractivity contribution in [1.82, 2.24) is 5.32 Å². The molecule has 9 nitrogen and oxygen atoms in total. The van der Waals surface area contributed by atoms with E-state index >= 15 is 0 Å². The lowest BCUT2D eigenvalue weighted by atomic mass is 10.1. The van der Waals surface area contributed by atoms with Gasteiger partial charge in [-0.1, -0.05) is 18.2 Å². The zero-order valence-corrected chi connectivity index (χ0v) is 21.4. The molecule has 0 saturated carbocycles. The van der Waals surface area contributed by atoms with E-state index in [9.17, 15) is 19.5 Å². The Morgan fingerprint density at radius 2 is 1.79 bits per heavy atom. The number of benzene rings is 3. The monoisotopic (exact) mass is 532 g/mol. The fourth-order valence-electron chi connectivity index (χ4n) is 3.77. The van der Waals surface area contributed by atoms with E-state index in [1.54, 1.807) is 54.6 Å². The summed E-state index contributed by atoms with van der Waals surface area (Å²) in [5.41, 5.74) is 1.75. The summed E-state index contributed by atoms with van der Waals surface area (Å²) in [5.74, 6) is -0.774. The molecule has 194 valence electrons. The van der Waals surface area contributed by atoms with Crippen molar-refractivity contribution in [3.63, 3.8) is 0 Å². The molecular weight excluding hydrogens is 508 g/mol. The number of nitrogens with zero attached hydrogens (tertiary/aromatic N) is 1. The Morgan fingerprint density at radius 1 is 1.03 bits per heavy atom. The summed E-state index contributed by atoms with van der Waals surface area (Å²) in [7, 11) is 1.47. The lowest BCUT2D eigenvalue weighted by molar-refractivity contribution is -0.122. The Balaban J connectivity index is 1.56. The topological polar surface area (TPSA) is 114 Å². The first-order chi connectivity index (χ1) is 18.3. The molecule has 1 aliphatic heterocycles. The zero-order chi connectivity index (χ0) is 27.2. The summed E-state index contributed by atoms with van der Waals surface area (Å²) < 4.78 is 16.7. The number of rotatable bonds is 9. The van der Waals surface area contributed by atoms with Crippen LogP contribution in [0.2, 0.25) is 0 Å². The number of carbonyl (C=O) groups excluding carboxylic acids is 2. The van der Waals surface area contributed by atoms with Crippen LogP contribution < -0.4 is 24.4 Å². The molecule has 0 radical (unpaired) electrons. The van der Waals surface area contributed by atoms with Crippen molar-refractivity contribution in [2.45, 2.75) is 13.5 Å². The minimum atomic E-state index is -1.02. The van der Waals surface area contributed by atoms with E-state index in [1.165, 1.54) is 30.2 Å². The van der Waals surface area contributed by atoms with E-state index in [0.29, 0.717) is 40.7 Å². The third-order valence-electron chi connectivity index (χ3n) is 5.57. The molecule has 1 fully saturated rings. The third kappa shape index (κ3) is 5.81. The minimum absolute atomic E-state index is 0.0189. The first-order valence-corrected chi connectivity index (χ1v) is 12.0. The molecule has 0 unspecified atom stereocenters. The summed E-state index contributed by atoms with van der Waals surface area (Å²) in [6.45, 7) is 2.50. The number of methoxy groups -OCH3 is 1. The number of carboxylic acids is 1. The molecule has 0 spiro atoms. The molecule has 10 heteroatoms. The van der Waals surface area contributed by atoms with Crippen LogP contribution in [0.4, 0.5) is 5.69 Å². The van der Waals surface area contributed by atoms with Crippen LogP contribution in [0, 0.1) is 0 Å². The summed E-state index contributed by atoms with van der Waals surface area (Å²) >= 11 is 5.26. The van der Waals surface area contributed by atoms with Crippen LogP contribution in [0.15, 0.2) is 72.3 Å². The highest BCUT2D eigenvalue weighted by Gasteiger charge is 2.34. The number of thiocarbonyl (C=S) groups is 1. The third-order valence-corrected chi connectivity index (χ3v) is 5.86. The van der Waals surface area contributed by atoms with Crippen molar-refractivity contribution >= 4 is 46.9 Å². The van der Waals surface area contributed by atoms with Gasteiger partial charge in [0, 0.05) is 0 Å². The van der Waals surface area contributed by atoms with Crippen molar-refractivity contribution < 1.29 is 33.7 Å². The first kappa shape index (κ1) is 26.4. The lowest BCUT2D eigenvalue weighted by Gasteiger charge is -2.29. The molecule has 2 N–H and O–H groups in total. The Kier molecular flexibility index (Phi) is 8.03. The van der Waals surface area contributed by atoms with E-state index in [4.69, 9.17) is 26.4 Å². The molecule has 1 saturated heterocycles. The van der Waals surface area contributed by atoms with Gasteiger partial charge in [0.15, 0.2) is 16.6 Å². The van der Waals surface area contributed by atoms with Gasteiger partial charge in [-0.25, -0.2) is 4.79 Å². The number of carbonyl (C=O) groups is 3. The number of anilines is 1. The Hall–Kier alpha value is -4.70. The summed E-state index contributed by atoms with van der Waals surface area (Å²) in [5, 5.41) is 11.7. The highest BCUT2D eigenvalue weighted by Crippen LogP contribution is 2.31. The Morgan fingerprint density at radius 3 is 2.47 bits per heavy atom. The number of nitrogens with one attached hydrogen (secondary N) is 1. The van der Waals surface area contributed by atoms with Crippen LogP contribution in [-0.2, 0) is 16.2 Å². The van der Waals surface area contributed by atoms with E-state index in [-0.39, 0.29) is 22.9 Å². The van der Waals surface area contributed by atoms with Gasteiger partial charge < -0.3 is 19.3 Å². The van der Waals surface area contributed by atoms with Crippen molar-refractivity contribution in [3.8, 4) is 17.2 Å². The maximum absolute atomic E-state index is 13.3. The van der Waals surface area contributed by atoms with Gasteiger partial charge in [-0.2, -0.15) is 0 Å². The van der Waals surface area contributed by atoms with Crippen molar-refractivity contribution in [2.24, 2.45) is 0 Å². The van der Waals surface area contributed by atoms with Gasteiger partial charge in [-0.05, 0) is 84.9 Å². The second kappa shape index (κ2) is 11.6. The Labute approximate surface area is 224 Å². The molecule has 3 aromatic carbocycles. The summed E-state index contributed by atoms with van der Waals surface area (Å²) in [4.78, 5) is 38.4. The average molecular weight is 533 g/mol. The van der Waals surface area contributed by atoms with Gasteiger partial charge in [0.2, 0.25) is 0 Å². The van der Waals surface area contributed by atoms with E-state index in [1.807, 2.05) is 6.92 Å². The SMILES string of the molecule is CCOc1ccc(N2C(=O)/C(=C/c3ccc(OCc4cccc(C(=O)O)c4)c(OC)c3)C(=O)NC2=S)cc1. The fraction of sp³-hybridized carbons (Fsp3) is 0.143. The van der Waals surface area contributed by atoms with Crippen molar-refractivity contribution in [2.75, 3.05) is 18.6 Å². The summed E-state index contributed by atoms with van der Waals surface area (Å²) in [6.07, 6.45) is 1.45. The molecule has 0 aromatic heterocycles. The highest BCUT2D eigenvalue weighted by molar-refractivity contribution is 7.80. The van der Waals surface area contributed by atoms with Crippen LogP contribution in [0.25, 0.3) is 6.08 Å². The first-order valence-electron chi connectivity index (χ1n) is 11.6. The Bertz CT molecular complexity index is 1430. The van der Waals surface area contributed by atoms with Gasteiger partial charge in [-0.15, -0.1) is 0 Å². The number of amides is 2. The maximum atomic E-state index is 13.3. The van der Waals surface area contributed by atoms with Crippen LogP contribution in [0.3, 0.4) is 0 Å². The second-order valence-corrected chi connectivity index (χ2v) is 8.48. The minimum Gasteiger partial charge on any atom is -0.494 e. The smallest absolute Gasteiger partial charge is 0.335 e. The van der Waals surface area contributed by atoms with Gasteiger partial charge in [-0.3, -0.25) is 19.8 Å². The number of hydrogen-bond acceptors (Lipinski definition) is 7. The quantitative estimate of drug-likeness (QED) is 0.239. The molecular formula is C28H24N2O7S. The molecule has 1 aliphatic rings. The van der Waals surface area contributed by atoms with Gasteiger partial charge in [0.05, 0.1) is 25.0 Å². The maximum Gasteiger partial charge on any atom is 0.335 e. The lowest BCUT2D eigenvalue weighted by Crippen LogP contribution is -2.54. The van der Waals surface area contributed by atoms with Gasteiger partial charge >= 0.3 is 5.97 Å². The largest absolute Gasteiger partial charge is 0.494 e. The predicted molar refractivity (Wildman–Crippen MR) is 145 cm³/mol. The van der Waals surface area contributed by atoms with Crippen LogP contribution in [-0.4, -0.2) is 41.7 Å². The molecule has 2 amide bonds. The van der Waals surface area contributed by atoms with Crippen molar-refractivity contribution in [3.05, 3.63) is 89.0 Å². The zero-order valence-electron chi connectivity index (χ0n) is 20.6. The summed E-state index contributed by atoms with van der Waals surface area (Å²) in [6, 6.07) is 18.2. The molecule has 0 aliphatic carbocycles. The van der Waals surface area contributed by atoms with E-state index < -0.39 is 17.8 Å². The van der Waals surface area contributed by atoms with Gasteiger partial charge in [0.1, 0.15) is 17.9 Å². The number of ether oxygens (including phenoxy) is 3. The molecule has 1 heterocycles. The molecule has 38 heavy (non-hydrogen) atoms. The number of carboxylic acid groups (broad SMARTS) is 1. The van der Waals surface area contributed by atoms with Crippen molar-refractivity contribution in [1.29, 1.82) is 0 Å². The highest BCUT2D eigenvalue weighted by atomic mass is 32.1. The number of aromatic carboxylic acids is 1. The molecule has 0 bridgehead atoms. The fourth-order valence-corrected chi connectivity index (χ4v) is 4.05. The molecule has 0 atom stereocenters.